The van der Waals surface area contributed by atoms with Gasteiger partial charge < -0.3 is 4.74 Å². The van der Waals surface area contributed by atoms with Gasteiger partial charge in [0.1, 0.15) is 11.5 Å². The Kier molecular flexibility index (Phi) is 3.64. The lowest BCUT2D eigenvalue weighted by molar-refractivity contribution is -0.118. The van der Waals surface area contributed by atoms with Crippen LogP contribution in [-0.2, 0) is 4.79 Å². The van der Waals surface area contributed by atoms with E-state index in [-0.39, 0.29) is 0 Å². The number of aryl methyl sites for hydroxylation is 1. The SMILES string of the molecule is COc1ccc([C@H]2CCC3=C(CCC(=O)C3)C2)cc1C. The average Bonchev–Trinajstić information content (AvgIpc) is 2.46. The first-order valence-electron chi connectivity index (χ1n) is 7.53. The van der Waals surface area contributed by atoms with E-state index in [2.05, 4.69) is 25.1 Å². The van der Waals surface area contributed by atoms with Gasteiger partial charge in [-0.15, -0.1) is 0 Å². The van der Waals surface area contributed by atoms with Crippen LogP contribution in [0.1, 0.15) is 55.6 Å². The number of rotatable bonds is 2. The van der Waals surface area contributed by atoms with E-state index >= 15 is 0 Å². The van der Waals surface area contributed by atoms with Gasteiger partial charge in [0.05, 0.1) is 7.11 Å². The van der Waals surface area contributed by atoms with Gasteiger partial charge >= 0.3 is 0 Å². The summed E-state index contributed by atoms with van der Waals surface area (Å²) in [5, 5.41) is 0. The van der Waals surface area contributed by atoms with Crippen LogP contribution in [0.15, 0.2) is 29.3 Å². The largest absolute Gasteiger partial charge is 0.496 e. The van der Waals surface area contributed by atoms with E-state index in [9.17, 15) is 4.79 Å². The number of carbonyl (C=O) groups excluding carboxylic acids is 1. The fourth-order valence-electron chi connectivity index (χ4n) is 3.62. The maximum absolute atomic E-state index is 11.5. The van der Waals surface area contributed by atoms with E-state index in [0.717, 1.165) is 37.9 Å². The van der Waals surface area contributed by atoms with Crippen LogP contribution in [0.2, 0.25) is 0 Å². The molecule has 0 saturated carbocycles. The average molecular weight is 270 g/mol. The van der Waals surface area contributed by atoms with Crippen molar-refractivity contribution >= 4 is 5.78 Å². The summed E-state index contributed by atoms with van der Waals surface area (Å²) in [5.74, 6) is 2.02. The lowest BCUT2D eigenvalue weighted by atomic mass is 9.75. The van der Waals surface area contributed by atoms with Gasteiger partial charge in [0.2, 0.25) is 0 Å². The van der Waals surface area contributed by atoms with Crippen molar-refractivity contribution in [3.63, 3.8) is 0 Å². The zero-order chi connectivity index (χ0) is 14.1. The van der Waals surface area contributed by atoms with Gasteiger partial charge in [-0.1, -0.05) is 23.3 Å². The Hall–Kier alpha value is -1.57. The van der Waals surface area contributed by atoms with Crippen molar-refractivity contribution in [2.75, 3.05) is 7.11 Å². The molecule has 20 heavy (non-hydrogen) atoms. The molecule has 2 nitrogen and oxygen atoms in total. The molecule has 0 radical (unpaired) electrons. The van der Waals surface area contributed by atoms with Crippen LogP contribution in [0.25, 0.3) is 0 Å². The van der Waals surface area contributed by atoms with Crippen LogP contribution < -0.4 is 4.74 Å². The Balaban J connectivity index is 1.80. The normalized spacial score (nSPS) is 22.7. The predicted octanol–water partition coefficient (Wildman–Crippen LogP) is 4.32. The summed E-state index contributed by atoms with van der Waals surface area (Å²) in [4.78, 5) is 11.5. The summed E-state index contributed by atoms with van der Waals surface area (Å²) in [6.45, 7) is 2.11. The van der Waals surface area contributed by atoms with Gasteiger partial charge in [0, 0.05) is 12.8 Å². The van der Waals surface area contributed by atoms with Crippen molar-refractivity contribution in [2.45, 2.75) is 51.4 Å². The number of hydrogen-bond donors (Lipinski definition) is 0. The second kappa shape index (κ2) is 5.43. The van der Waals surface area contributed by atoms with Gasteiger partial charge in [-0.25, -0.2) is 0 Å². The number of carbonyl (C=O) groups is 1. The number of Topliss-reactive ketones (excluding diaryl/α,β-unsaturated/α-hetero) is 1. The molecule has 1 aromatic rings. The lowest BCUT2D eigenvalue weighted by Gasteiger charge is -2.30. The molecule has 0 unspecified atom stereocenters. The van der Waals surface area contributed by atoms with Gasteiger partial charge in [-0.3, -0.25) is 4.79 Å². The molecule has 2 aliphatic carbocycles. The first-order chi connectivity index (χ1) is 9.67. The molecule has 2 aliphatic rings. The molecule has 0 aromatic heterocycles. The van der Waals surface area contributed by atoms with Crippen LogP contribution in [0.5, 0.6) is 5.75 Å². The maximum atomic E-state index is 11.5. The van der Waals surface area contributed by atoms with E-state index in [1.54, 1.807) is 12.7 Å². The number of ether oxygens (including phenoxy) is 1. The Bertz CT molecular complexity index is 569. The Morgan fingerprint density at radius 3 is 2.75 bits per heavy atom. The lowest BCUT2D eigenvalue weighted by Crippen LogP contribution is -2.16. The van der Waals surface area contributed by atoms with Crippen LogP contribution in [0, 0.1) is 6.92 Å². The zero-order valence-corrected chi connectivity index (χ0v) is 12.4. The van der Waals surface area contributed by atoms with Crippen LogP contribution in [0.4, 0.5) is 0 Å². The van der Waals surface area contributed by atoms with E-state index in [0.29, 0.717) is 11.7 Å². The van der Waals surface area contributed by atoms with Crippen LogP contribution in [-0.4, -0.2) is 12.9 Å². The highest BCUT2D eigenvalue weighted by Crippen LogP contribution is 2.42. The standard InChI is InChI=1S/C18H22O2/c1-12-9-13(6-8-18(12)20-2)14-3-4-16-11-17(19)7-5-15(16)10-14/h6,8-9,14H,3-5,7,10-11H2,1-2H3/t14-/m0/s1. The molecule has 2 heteroatoms. The number of benzene rings is 1. The van der Waals surface area contributed by atoms with Crippen molar-refractivity contribution in [3.05, 3.63) is 40.5 Å². The fraction of sp³-hybridized carbons (Fsp3) is 0.500. The zero-order valence-electron chi connectivity index (χ0n) is 12.4. The summed E-state index contributed by atoms with van der Waals surface area (Å²) in [6, 6.07) is 6.55. The molecule has 1 aromatic carbocycles. The molecule has 0 heterocycles. The molecule has 0 bridgehead atoms. The van der Waals surface area contributed by atoms with Gasteiger partial charge in [0.15, 0.2) is 0 Å². The van der Waals surface area contributed by atoms with E-state index in [1.165, 1.54) is 23.1 Å². The number of ketones is 1. The first kappa shape index (κ1) is 13.4. The van der Waals surface area contributed by atoms with E-state index < -0.39 is 0 Å². The van der Waals surface area contributed by atoms with Crippen molar-refractivity contribution in [1.82, 2.24) is 0 Å². The first-order valence-corrected chi connectivity index (χ1v) is 7.53. The topological polar surface area (TPSA) is 26.3 Å². The van der Waals surface area contributed by atoms with Crippen molar-refractivity contribution in [1.29, 1.82) is 0 Å². The summed E-state index contributed by atoms with van der Waals surface area (Å²) in [6.07, 6.45) is 5.92. The third kappa shape index (κ3) is 2.52. The molecule has 0 aliphatic heterocycles. The highest BCUT2D eigenvalue weighted by molar-refractivity contribution is 5.82. The number of methoxy groups -OCH3 is 1. The van der Waals surface area contributed by atoms with Crippen LogP contribution in [0.3, 0.4) is 0 Å². The second-order valence-corrected chi connectivity index (χ2v) is 6.09. The monoisotopic (exact) mass is 270 g/mol. The molecule has 0 spiro atoms. The van der Waals surface area contributed by atoms with Crippen molar-refractivity contribution < 1.29 is 9.53 Å². The predicted molar refractivity (Wildman–Crippen MR) is 80.2 cm³/mol. The van der Waals surface area contributed by atoms with Gasteiger partial charge in [-0.05, 0) is 55.7 Å². The second-order valence-electron chi connectivity index (χ2n) is 6.09. The smallest absolute Gasteiger partial charge is 0.137 e. The Morgan fingerprint density at radius 2 is 2.00 bits per heavy atom. The minimum absolute atomic E-state index is 0.433. The maximum Gasteiger partial charge on any atom is 0.137 e. The fourth-order valence-corrected chi connectivity index (χ4v) is 3.62. The molecule has 3 rings (SSSR count). The Labute approximate surface area is 120 Å². The minimum atomic E-state index is 0.433. The number of allylic oxidation sites excluding steroid dienone is 2. The molecule has 106 valence electrons. The molecule has 0 saturated heterocycles. The third-order valence-corrected chi connectivity index (χ3v) is 4.79. The van der Waals surface area contributed by atoms with E-state index in [1.807, 2.05) is 0 Å². The third-order valence-electron chi connectivity index (χ3n) is 4.79. The quantitative estimate of drug-likeness (QED) is 0.748. The molecular formula is C18H22O2. The molecule has 0 N–H and O–H groups in total. The van der Waals surface area contributed by atoms with E-state index in [4.69, 9.17) is 4.74 Å². The summed E-state index contributed by atoms with van der Waals surface area (Å²) < 4.78 is 5.34. The highest BCUT2D eigenvalue weighted by atomic mass is 16.5. The molecule has 1 atom stereocenters. The van der Waals surface area contributed by atoms with Crippen molar-refractivity contribution in [2.24, 2.45) is 0 Å². The number of hydrogen-bond acceptors (Lipinski definition) is 2. The molecule has 0 amide bonds. The minimum Gasteiger partial charge on any atom is -0.496 e. The Morgan fingerprint density at radius 1 is 1.15 bits per heavy atom. The van der Waals surface area contributed by atoms with Gasteiger partial charge in [-0.2, -0.15) is 0 Å². The molecular weight excluding hydrogens is 248 g/mol. The molecule has 0 fully saturated rings. The summed E-state index contributed by atoms with van der Waals surface area (Å²) in [5.41, 5.74) is 5.65. The van der Waals surface area contributed by atoms with Crippen LogP contribution >= 0.6 is 0 Å². The van der Waals surface area contributed by atoms with Gasteiger partial charge in [0.25, 0.3) is 0 Å². The summed E-state index contributed by atoms with van der Waals surface area (Å²) in [7, 11) is 1.72. The van der Waals surface area contributed by atoms with Crippen molar-refractivity contribution in [3.8, 4) is 5.75 Å². The summed E-state index contributed by atoms with van der Waals surface area (Å²) >= 11 is 0. The highest BCUT2D eigenvalue weighted by Gasteiger charge is 2.26.